The Labute approximate surface area is 162 Å². The van der Waals surface area contributed by atoms with E-state index in [4.69, 9.17) is 11.6 Å². The van der Waals surface area contributed by atoms with Crippen LogP contribution in [0.15, 0.2) is 42.9 Å². The van der Waals surface area contributed by atoms with E-state index < -0.39 is 0 Å². The van der Waals surface area contributed by atoms with Gasteiger partial charge in [0.1, 0.15) is 0 Å². The van der Waals surface area contributed by atoms with Crippen LogP contribution in [0.2, 0.25) is 5.02 Å². The first-order chi connectivity index (χ1) is 13.2. The summed E-state index contributed by atoms with van der Waals surface area (Å²) in [6, 6.07) is 8.25. The molecule has 0 aliphatic carbocycles. The number of nitrogens with one attached hydrogen (secondary N) is 2. The van der Waals surface area contributed by atoms with Gasteiger partial charge in [-0.2, -0.15) is 0 Å². The lowest BCUT2D eigenvalue weighted by atomic mass is 9.77. The van der Waals surface area contributed by atoms with Crippen molar-refractivity contribution in [1.29, 1.82) is 0 Å². The van der Waals surface area contributed by atoms with Gasteiger partial charge in [0.15, 0.2) is 0 Å². The minimum Gasteiger partial charge on any atom is -0.370 e. The highest BCUT2D eigenvalue weighted by Crippen LogP contribution is 2.44. The van der Waals surface area contributed by atoms with Gasteiger partial charge in [-0.05, 0) is 25.3 Å². The zero-order chi connectivity index (χ0) is 18.4. The molecule has 2 aliphatic rings. The number of fused-ring (bicyclic) bond motifs is 1. The lowest BCUT2D eigenvalue weighted by Gasteiger charge is -2.39. The summed E-state index contributed by atoms with van der Waals surface area (Å²) >= 11 is 6.62. The Hall–Kier alpha value is -2.53. The van der Waals surface area contributed by atoms with Crippen LogP contribution in [0.4, 0.5) is 5.69 Å². The molecule has 27 heavy (non-hydrogen) atoms. The molecule has 1 spiro atoms. The minimum atomic E-state index is -0.184. The Morgan fingerprint density at radius 2 is 1.89 bits per heavy atom. The number of nitrogens with zero attached hydrogens (tertiary/aromatic N) is 2. The highest BCUT2D eigenvalue weighted by atomic mass is 35.5. The average Bonchev–Trinajstić information content (AvgIpc) is 3.27. The van der Waals surface area contributed by atoms with Crippen molar-refractivity contribution in [2.75, 3.05) is 24.5 Å². The molecule has 1 aromatic carbocycles. The van der Waals surface area contributed by atoms with Gasteiger partial charge in [-0.1, -0.05) is 29.8 Å². The van der Waals surface area contributed by atoms with E-state index in [0.29, 0.717) is 5.02 Å². The molecule has 2 aromatic heterocycles. The fourth-order valence-corrected chi connectivity index (χ4v) is 4.87. The van der Waals surface area contributed by atoms with E-state index in [2.05, 4.69) is 32.3 Å². The van der Waals surface area contributed by atoms with Crippen LogP contribution in [0.25, 0.3) is 22.0 Å². The summed E-state index contributed by atoms with van der Waals surface area (Å²) in [6.45, 7) is 2.45. The van der Waals surface area contributed by atoms with Crippen molar-refractivity contribution >= 4 is 34.1 Å². The van der Waals surface area contributed by atoms with Crippen molar-refractivity contribution in [3.05, 3.63) is 47.9 Å². The van der Waals surface area contributed by atoms with Crippen molar-refractivity contribution < 1.29 is 4.79 Å². The minimum absolute atomic E-state index is 0.184. The van der Waals surface area contributed by atoms with Gasteiger partial charge in [0.2, 0.25) is 5.91 Å². The predicted octanol–water partition coefficient (Wildman–Crippen LogP) is 3.99. The highest BCUT2D eigenvalue weighted by Gasteiger charge is 2.44. The number of aromatic amines is 1. The molecule has 0 saturated carbocycles. The zero-order valence-corrected chi connectivity index (χ0v) is 15.7. The van der Waals surface area contributed by atoms with Gasteiger partial charge < -0.3 is 15.2 Å². The first-order valence-corrected chi connectivity index (χ1v) is 9.79. The number of hydrogen-bond donors (Lipinski definition) is 2. The van der Waals surface area contributed by atoms with Gasteiger partial charge in [-0.25, -0.2) is 0 Å². The Bertz CT molecular complexity index is 1020. The zero-order valence-electron chi connectivity index (χ0n) is 15.0. The van der Waals surface area contributed by atoms with Crippen LogP contribution in [-0.2, 0) is 4.79 Å². The van der Waals surface area contributed by atoms with E-state index in [9.17, 15) is 4.79 Å². The average molecular weight is 381 g/mol. The maximum Gasteiger partial charge on any atom is 0.226 e. The third-order valence-corrected chi connectivity index (χ3v) is 6.44. The second kappa shape index (κ2) is 6.27. The largest absolute Gasteiger partial charge is 0.370 e. The fourth-order valence-electron chi connectivity index (χ4n) is 4.59. The maximum absolute atomic E-state index is 12.3. The first-order valence-electron chi connectivity index (χ1n) is 9.41. The Morgan fingerprint density at radius 1 is 1.07 bits per heavy atom. The molecule has 138 valence electrons. The number of carbonyl (C=O) groups is 1. The van der Waals surface area contributed by atoms with Crippen LogP contribution < -0.4 is 10.2 Å². The number of para-hydroxylation sites is 1. The predicted molar refractivity (Wildman–Crippen MR) is 108 cm³/mol. The van der Waals surface area contributed by atoms with Gasteiger partial charge in [0, 0.05) is 60.3 Å². The van der Waals surface area contributed by atoms with Crippen LogP contribution in [0.1, 0.15) is 19.3 Å². The number of H-pyrrole nitrogens is 1. The standard InChI is InChI=1S/C21H21ClN4O/c22-17-13-23-11-16(15-12-25-18-4-2-1-3-14(15)18)19(17)26-9-6-21(7-10-26)5-8-24-20(21)27/h1-4,11-13,25H,5-10H2,(H,24,27). The molecule has 2 aliphatic heterocycles. The molecular formula is C21H21ClN4O. The molecule has 4 heterocycles. The van der Waals surface area contributed by atoms with Gasteiger partial charge in [-0.3, -0.25) is 9.78 Å². The lowest BCUT2D eigenvalue weighted by Crippen LogP contribution is -2.44. The summed E-state index contributed by atoms with van der Waals surface area (Å²) in [5, 5.41) is 4.82. The molecule has 5 rings (SSSR count). The molecule has 5 nitrogen and oxygen atoms in total. The number of piperidine rings is 1. The number of rotatable bonds is 2. The van der Waals surface area contributed by atoms with E-state index in [1.54, 1.807) is 6.20 Å². The molecule has 3 aromatic rings. The number of pyridine rings is 1. The molecule has 2 saturated heterocycles. The molecule has 2 N–H and O–H groups in total. The van der Waals surface area contributed by atoms with Crippen LogP contribution >= 0.6 is 11.6 Å². The smallest absolute Gasteiger partial charge is 0.226 e. The van der Waals surface area contributed by atoms with Crippen molar-refractivity contribution in [3.8, 4) is 11.1 Å². The number of halogens is 1. The van der Waals surface area contributed by atoms with Crippen LogP contribution in [0, 0.1) is 5.41 Å². The van der Waals surface area contributed by atoms with Crippen LogP contribution in [0.3, 0.4) is 0 Å². The highest BCUT2D eigenvalue weighted by molar-refractivity contribution is 6.34. The lowest BCUT2D eigenvalue weighted by molar-refractivity contribution is -0.128. The van der Waals surface area contributed by atoms with Gasteiger partial charge in [0.05, 0.1) is 16.1 Å². The third kappa shape index (κ3) is 2.60. The van der Waals surface area contributed by atoms with Crippen molar-refractivity contribution in [2.24, 2.45) is 5.41 Å². The molecule has 1 amide bonds. The summed E-state index contributed by atoms with van der Waals surface area (Å²) in [5.41, 5.74) is 4.07. The van der Waals surface area contributed by atoms with E-state index in [1.807, 2.05) is 24.5 Å². The number of benzene rings is 1. The van der Waals surface area contributed by atoms with Crippen molar-refractivity contribution in [1.82, 2.24) is 15.3 Å². The van der Waals surface area contributed by atoms with E-state index in [-0.39, 0.29) is 11.3 Å². The molecule has 2 fully saturated rings. The molecule has 6 heteroatoms. The summed E-state index contributed by atoms with van der Waals surface area (Å²) in [6.07, 6.45) is 8.30. The van der Waals surface area contributed by atoms with Gasteiger partial charge in [0.25, 0.3) is 0 Å². The van der Waals surface area contributed by atoms with Gasteiger partial charge >= 0.3 is 0 Å². The van der Waals surface area contributed by atoms with Crippen LogP contribution in [0.5, 0.6) is 0 Å². The third-order valence-electron chi connectivity index (χ3n) is 6.16. The number of anilines is 1. The number of amides is 1. The second-order valence-electron chi connectivity index (χ2n) is 7.54. The summed E-state index contributed by atoms with van der Waals surface area (Å²) < 4.78 is 0. The molecular weight excluding hydrogens is 360 g/mol. The summed E-state index contributed by atoms with van der Waals surface area (Å²) in [4.78, 5) is 22.3. The number of aromatic nitrogens is 2. The van der Waals surface area contributed by atoms with E-state index >= 15 is 0 Å². The summed E-state index contributed by atoms with van der Waals surface area (Å²) in [5.74, 6) is 0.222. The quantitative estimate of drug-likeness (QED) is 0.706. The fraction of sp³-hybridized carbons (Fsp3) is 0.333. The van der Waals surface area contributed by atoms with Gasteiger partial charge in [-0.15, -0.1) is 0 Å². The second-order valence-corrected chi connectivity index (χ2v) is 7.95. The Morgan fingerprint density at radius 3 is 2.67 bits per heavy atom. The number of hydrogen-bond acceptors (Lipinski definition) is 3. The van der Waals surface area contributed by atoms with E-state index in [1.165, 1.54) is 0 Å². The Kier molecular flexibility index (Phi) is 3.86. The van der Waals surface area contributed by atoms with Crippen molar-refractivity contribution in [3.63, 3.8) is 0 Å². The number of carbonyl (C=O) groups excluding carboxylic acids is 1. The molecule has 0 unspecified atom stereocenters. The van der Waals surface area contributed by atoms with Crippen molar-refractivity contribution in [2.45, 2.75) is 19.3 Å². The Balaban J connectivity index is 1.53. The van der Waals surface area contributed by atoms with Crippen LogP contribution in [-0.4, -0.2) is 35.5 Å². The summed E-state index contributed by atoms with van der Waals surface area (Å²) in [7, 11) is 0. The molecule has 0 bridgehead atoms. The molecule has 0 radical (unpaired) electrons. The topological polar surface area (TPSA) is 61.0 Å². The SMILES string of the molecule is O=C1NCCC12CCN(c1c(Cl)cncc1-c1c[nH]c3ccccc13)CC2. The first kappa shape index (κ1) is 16.6. The monoisotopic (exact) mass is 380 g/mol. The van der Waals surface area contributed by atoms with E-state index in [0.717, 1.165) is 66.6 Å². The normalized spacial score (nSPS) is 19.0. The molecule has 0 atom stereocenters. The maximum atomic E-state index is 12.3.